The number of hydrogen-bond donors (Lipinski definition) is 1. The summed E-state index contributed by atoms with van der Waals surface area (Å²) in [6.07, 6.45) is 1.43. The van der Waals surface area contributed by atoms with Crippen LogP contribution in [0.3, 0.4) is 0 Å². The van der Waals surface area contributed by atoms with Gasteiger partial charge in [-0.15, -0.1) is 0 Å². The van der Waals surface area contributed by atoms with E-state index in [-0.39, 0.29) is 23.8 Å². The molecule has 0 saturated heterocycles. The van der Waals surface area contributed by atoms with Crippen LogP contribution in [0.15, 0.2) is 102 Å². The molecule has 0 unspecified atom stereocenters. The molecule has 4 rings (SSSR count). The number of aryl methyl sites for hydroxylation is 2. The van der Waals surface area contributed by atoms with E-state index >= 15 is 0 Å². The van der Waals surface area contributed by atoms with Crippen LogP contribution in [0, 0.1) is 6.92 Å². The summed E-state index contributed by atoms with van der Waals surface area (Å²) in [4.78, 5) is 29.9. The fraction of sp³-hybridized carbons (Fsp3) is 0.278. The molecule has 0 aromatic heterocycles. The Hall–Kier alpha value is -3.85. The van der Waals surface area contributed by atoms with E-state index in [9.17, 15) is 18.0 Å². The Morgan fingerprint density at radius 3 is 2.09 bits per heavy atom. The van der Waals surface area contributed by atoms with E-state index in [1.54, 1.807) is 42.5 Å². The predicted molar refractivity (Wildman–Crippen MR) is 186 cm³/mol. The summed E-state index contributed by atoms with van der Waals surface area (Å²) in [7, 11) is -4.21. The van der Waals surface area contributed by atoms with Gasteiger partial charge in [-0.25, -0.2) is 8.42 Å². The number of para-hydroxylation sites is 1. The third kappa shape index (κ3) is 8.49. The molecule has 4 aromatic rings. The zero-order chi connectivity index (χ0) is 33.3. The van der Waals surface area contributed by atoms with E-state index in [4.69, 9.17) is 23.2 Å². The highest BCUT2D eigenvalue weighted by Gasteiger charge is 2.35. The van der Waals surface area contributed by atoms with Gasteiger partial charge in [0.1, 0.15) is 12.6 Å². The number of carbonyl (C=O) groups is 2. The Morgan fingerprint density at radius 1 is 0.826 bits per heavy atom. The van der Waals surface area contributed by atoms with Crippen LogP contribution in [-0.4, -0.2) is 44.3 Å². The lowest BCUT2D eigenvalue weighted by Gasteiger charge is -2.34. The topological polar surface area (TPSA) is 86.8 Å². The smallest absolute Gasteiger partial charge is 0.264 e. The summed E-state index contributed by atoms with van der Waals surface area (Å²) in [5.41, 5.74) is 3.35. The van der Waals surface area contributed by atoms with Gasteiger partial charge in [-0.2, -0.15) is 0 Å². The van der Waals surface area contributed by atoms with E-state index in [1.807, 2.05) is 63.2 Å². The van der Waals surface area contributed by atoms with Gasteiger partial charge in [0, 0.05) is 35.1 Å². The maximum atomic E-state index is 14.6. The number of halogens is 2. The molecule has 0 aliphatic rings. The van der Waals surface area contributed by atoms with Crippen molar-refractivity contribution >= 4 is 50.7 Å². The zero-order valence-corrected chi connectivity index (χ0v) is 28.6. The maximum Gasteiger partial charge on any atom is 0.264 e. The summed E-state index contributed by atoms with van der Waals surface area (Å²) in [6.45, 7) is 5.49. The Labute approximate surface area is 282 Å². The number of anilines is 1. The van der Waals surface area contributed by atoms with Gasteiger partial charge in [-0.05, 0) is 61.2 Å². The van der Waals surface area contributed by atoms with Gasteiger partial charge in [0.15, 0.2) is 0 Å². The minimum Gasteiger partial charge on any atom is -0.354 e. The first kappa shape index (κ1) is 35.0. The number of amides is 2. The number of benzene rings is 4. The molecule has 0 bridgehead atoms. The Bertz CT molecular complexity index is 1730. The van der Waals surface area contributed by atoms with Crippen LogP contribution in [0.2, 0.25) is 10.0 Å². The lowest BCUT2D eigenvalue weighted by atomic mass is 10.0. The highest BCUT2D eigenvalue weighted by Crippen LogP contribution is 2.30. The molecule has 242 valence electrons. The molecule has 2 amide bonds. The average molecular weight is 681 g/mol. The summed E-state index contributed by atoms with van der Waals surface area (Å²) >= 11 is 13.2. The molecule has 0 saturated carbocycles. The normalized spacial score (nSPS) is 11.9. The standard InChI is InChI=1S/C36H39Cl2N3O4S/c1-4-22-39-36(43)34(23-27-12-7-6-8-13-27)40(24-30-31(37)15-11-16-32(30)38)35(42)25-41(33-17-10-9-14-28(33)5-2)46(44,45)29-20-18-26(3)19-21-29/h6-21,34H,4-5,22-25H2,1-3H3,(H,39,43)/t34-/m1/s1. The van der Waals surface area contributed by atoms with Crippen molar-refractivity contribution in [1.82, 2.24) is 10.2 Å². The first-order valence-electron chi connectivity index (χ1n) is 15.3. The van der Waals surface area contributed by atoms with Crippen molar-refractivity contribution in [3.63, 3.8) is 0 Å². The second kappa shape index (κ2) is 16.1. The predicted octanol–water partition coefficient (Wildman–Crippen LogP) is 7.23. The first-order chi connectivity index (χ1) is 22.1. The zero-order valence-electron chi connectivity index (χ0n) is 26.2. The molecule has 4 aromatic carbocycles. The Morgan fingerprint density at radius 2 is 1.46 bits per heavy atom. The molecule has 0 radical (unpaired) electrons. The molecule has 0 fully saturated rings. The molecule has 1 atom stereocenters. The van der Waals surface area contributed by atoms with Crippen molar-refractivity contribution < 1.29 is 18.0 Å². The van der Waals surface area contributed by atoms with Gasteiger partial charge in [0.25, 0.3) is 10.0 Å². The van der Waals surface area contributed by atoms with E-state index < -0.39 is 28.5 Å². The SMILES string of the molecule is CCCNC(=O)[C@@H](Cc1ccccc1)N(Cc1c(Cl)cccc1Cl)C(=O)CN(c1ccccc1CC)S(=O)(=O)c1ccc(C)cc1. The molecular formula is C36H39Cl2N3O4S. The first-order valence-corrected chi connectivity index (χ1v) is 17.5. The molecule has 10 heteroatoms. The highest BCUT2D eigenvalue weighted by atomic mass is 35.5. The quantitative estimate of drug-likeness (QED) is 0.152. The highest BCUT2D eigenvalue weighted by molar-refractivity contribution is 7.92. The lowest BCUT2D eigenvalue weighted by molar-refractivity contribution is -0.140. The van der Waals surface area contributed by atoms with Gasteiger partial charge in [0.2, 0.25) is 11.8 Å². The third-order valence-corrected chi connectivity index (χ3v) is 10.2. The molecular weight excluding hydrogens is 641 g/mol. The monoisotopic (exact) mass is 679 g/mol. The average Bonchev–Trinajstić information content (AvgIpc) is 3.05. The van der Waals surface area contributed by atoms with E-state index in [1.165, 1.54) is 17.0 Å². The van der Waals surface area contributed by atoms with Gasteiger partial charge in [-0.3, -0.25) is 13.9 Å². The number of nitrogens with zero attached hydrogens (tertiary/aromatic N) is 2. The number of carbonyl (C=O) groups excluding carboxylic acids is 2. The van der Waals surface area contributed by atoms with Crippen molar-refractivity contribution in [3.8, 4) is 0 Å². The van der Waals surface area contributed by atoms with Gasteiger partial charge in [0.05, 0.1) is 10.6 Å². The van der Waals surface area contributed by atoms with Gasteiger partial charge < -0.3 is 10.2 Å². The maximum absolute atomic E-state index is 14.6. The summed E-state index contributed by atoms with van der Waals surface area (Å²) < 4.78 is 29.8. The van der Waals surface area contributed by atoms with Crippen molar-refractivity contribution in [2.75, 3.05) is 17.4 Å². The fourth-order valence-electron chi connectivity index (χ4n) is 5.18. The van der Waals surface area contributed by atoms with Crippen LogP contribution >= 0.6 is 23.2 Å². The van der Waals surface area contributed by atoms with Crippen molar-refractivity contribution in [3.05, 3.63) is 129 Å². The third-order valence-electron chi connectivity index (χ3n) is 7.74. The molecule has 0 heterocycles. The van der Waals surface area contributed by atoms with Gasteiger partial charge >= 0.3 is 0 Å². The van der Waals surface area contributed by atoms with Crippen molar-refractivity contribution in [1.29, 1.82) is 0 Å². The molecule has 1 N–H and O–H groups in total. The van der Waals surface area contributed by atoms with Crippen molar-refractivity contribution in [2.45, 2.75) is 57.5 Å². The van der Waals surface area contributed by atoms with E-state index in [0.29, 0.717) is 40.7 Å². The van der Waals surface area contributed by atoms with Crippen LogP contribution in [-0.2, 0) is 39.0 Å². The fourth-order valence-corrected chi connectivity index (χ4v) is 7.15. The van der Waals surface area contributed by atoms with E-state index in [0.717, 1.165) is 21.0 Å². The van der Waals surface area contributed by atoms with Crippen LogP contribution in [0.4, 0.5) is 5.69 Å². The van der Waals surface area contributed by atoms with Crippen LogP contribution < -0.4 is 9.62 Å². The number of nitrogens with one attached hydrogen (secondary N) is 1. The minimum absolute atomic E-state index is 0.0547. The molecule has 0 aliphatic carbocycles. The molecule has 0 spiro atoms. The number of sulfonamides is 1. The largest absolute Gasteiger partial charge is 0.354 e. The number of rotatable bonds is 14. The van der Waals surface area contributed by atoms with E-state index in [2.05, 4.69) is 5.32 Å². The Kier molecular flexibility index (Phi) is 12.3. The summed E-state index contributed by atoms with van der Waals surface area (Å²) in [5.74, 6) is -0.936. The van der Waals surface area contributed by atoms with Crippen LogP contribution in [0.25, 0.3) is 0 Å². The number of hydrogen-bond acceptors (Lipinski definition) is 4. The second-order valence-electron chi connectivity index (χ2n) is 11.0. The minimum atomic E-state index is -4.21. The summed E-state index contributed by atoms with van der Waals surface area (Å²) in [5, 5.41) is 3.60. The second-order valence-corrected chi connectivity index (χ2v) is 13.7. The summed E-state index contributed by atoms with van der Waals surface area (Å²) in [6, 6.07) is 27.1. The molecule has 46 heavy (non-hydrogen) atoms. The van der Waals surface area contributed by atoms with Crippen LogP contribution in [0.5, 0.6) is 0 Å². The van der Waals surface area contributed by atoms with Crippen molar-refractivity contribution in [2.24, 2.45) is 0 Å². The molecule has 7 nitrogen and oxygen atoms in total. The molecule has 0 aliphatic heterocycles. The Balaban J connectivity index is 1.85. The lowest BCUT2D eigenvalue weighted by Crippen LogP contribution is -2.53. The van der Waals surface area contributed by atoms with Gasteiger partial charge in [-0.1, -0.05) is 109 Å². The van der Waals surface area contributed by atoms with Crippen LogP contribution in [0.1, 0.15) is 42.5 Å².